The number of carbonyl (C=O) groups excluding carboxylic acids is 2. The highest BCUT2D eigenvalue weighted by molar-refractivity contribution is 9.10. The van der Waals surface area contributed by atoms with E-state index in [2.05, 4.69) is 15.9 Å². The van der Waals surface area contributed by atoms with E-state index < -0.39 is 12.0 Å². The first-order valence-corrected chi connectivity index (χ1v) is 6.26. The van der Waals surface area contributed by atoms with Gasteiger partial charge < -0.3 is 10.5 Å². The van der Waals surface area contributed by atoms with E-state index in [-0.39, 0.29) is 19.7 Å². The maximum atomic E-state index is 11.6. The van der Waals surface area contributed by atoms with Crippen LogP contribution in [0.2, 0.25) is 0 Å². The lowest BCUT2D eigenvalue weighted by atomic mass is 10.2. The molecule has 0 unspecified atom stereocenters. The molecule has 5 nitrogen and oxygen atoms in total. The first-order chi connectivity index (χ1) is 8.52. The summed E-state index contributed by atoms with van der Waals surface area (Å²) in [5, 5.41) is 0. The van der Waals surface area contributed by atoms with Gasteiger partial charge in [-0.05, 0) is 24.6 Å². The maximum Gasteiger partial charge on any atom is 0.410 e. The Kier molecular flexibility index (Phi) is 5.64. The van der Waals surface area contributed by atoms with E-state index in [4.69, 9.17) is 10.5 Å². The summed E-state index contributed by atoms with van der Waals surface area (Å²) >= 11 is 3.33. The third-order valence-electron chi connectivity index (χ3n) is 2.16. The largest absolute Gasteiger partial charge is 0.450 e. The van der Waals surface area contributed by atoms with Crippen LogP contribution in [-0.4, -0.2) is 30.1 Å². The van der Waals surface area contributed by atoms with Crippen molar-refractivity contribution in [1.82, 2.24) is 4.90 Å². The Balaban J connectivity index is 2.74. The third-order valence-corrected chi connectivity index (χ3v) is 2.69. The molecule has 1 rings (SSSR count). The SMILES string of the molecule is CCOC(=O)N(CC(N)=O)Cc1ccc(Br)cc1. The van der Waals surface area contributed by atoms with Gasteiger partial charge in [0.1, 0.15) is 6.54 Å². The molecule has 0 fully saturated rings. The predicted molar refractivity (Wildman–Crippen MR) is 70.8 cm³/mol. The van der Waals surface area contributed by atoms with E-state index in [0.717, 1.165) is 10.0 Å². The Bertz CT molecular complexity index is 420. The van der Waals surface area contributed by atoms with E-state index in [1.54, 1.807) is 6.92 Å². The summed E-state index contributed by atoms with van der Waals surface area (Å²) < 4.78 is 5.82. The molecule has 1 aromatic rings. The van der Waals surface area contributed by atoms with E-state index in [9.17, 15) is 9.59 Å². The van der Waals surface area contributed by atoms with Crippen molar-refractivity contribution < 1.29 is 14.3 Å². The first kappa shape index (κ1) is 14.5. The lowest BCUT2D eigenvalue weighted by Crippen LogP contribution is -2.38. The predicted octanol–water partition coefficient (Wildman–Crippen LogP) is 1.89. The Morgan fingerprint density at radius 1 is 1.33 bits per heavy atom. The summed E-state index contributed by atoms with van der Waals surface area (Å²) in [6.07, 6.45) is -0.542. The third kappa shape index (κ3) is 4.75. The molecule has 0 radical (unpaired) electrons. The van der Waals surface area contributed by atoms with Gasteiger partial charge in [0.25, 0.3) is 0 Å². The number of halogens is 1. The maximum absolute atomic E-state index is 11.6. The minimum atomic E-state index is -0.569. The Morgan fingerprint density at radius 3 is 2.44 bits per heavy atom. The average molecular weight is 315 g/mol. The molecule has 1 aromatic carbocycles. The minimum Gasteiger partial charge on any atom is -0.450 e. The van der Waals surface area contributed by atoms with E-state index >= 15 is 0 Å². The lowest BCUT2D eigenvalue weighted by molar-refractivity contribution is -0.119. The van der Waals surface area contributed by atoms with Gasteiger partial charge in [-0.15, -0.1) is 0 Å². The lowest BCUT2D eigenvalue weighted by Gasteiger charge is -2.20. The molecule has 0 aliphatic heterocycles. The van der Waals surface area contributed by atoms with Crippen molar-refractivity contribution in [1.29, 1.82) is 0 Å². The van der Waals surface area contributed by atoms with Crippen LogP contribution in [0.15, 0.2) is 28.7 Å². The van der Waals surface area contributed by atoms with Crippen LogP contribution < -0.4 is 5.73 Å². The van der Waals surface area contributed by atoms with Gasteiger partial charge in [0.15, 0.2) is 0 Å². The van der Waals surface area contributed by atoms with Gasteiger partial charge in [-0.25, -0.2) is 4.79 Å². The van der Waals surface area contributed by atoms with Crippen LogP contribution in [0.3, 0.4) is 0 Å². The summed E-state index contributed by atoms with van der Waals surface area (Å²) in [5.41, 5.74) is 6.01. The van der Waals surface area contributed by atoms with E-state index in [1.165, 1.54) is 4.90 Å². The summed E-state index contributed by atoms with van der Waals surface area (Å²) in [6, 6.07) is 7.44. The first-order valence-electron chi connectivity index (χ1n) is 5.47. The zero-order valence-electron chi connectivity index (χ0n) is 10.1. The van der Waals surface area contributed by atoms with Crippen LogP contribution in [-0.2, 0) is 16.1 Å². The molecule has 0 aliphatic carbocycles. The molecule has 6 heteroatoms. The van der Waals surface area contributed by atoms with Crippen LogP contribution in [0.5, 0.6) is 0 Å². The molecule has 0 aliphatic rings. The summed E-state index contributed by atoms with van der Waals surface area (Å²) in [5.74, 6) is -0.569. The standard InChI is InChI=1S/C12H15BrN2O3/c1-2-18-12(17)15(8-11(14)16)7-9-3-5-10(13)6-4-9/h3-6H,2,7-8H2,1H3,(H2,14,16). The number of rotatable bonds is 5. The van der Waals surface area contributed by atoms with Gasteiger partial charge in [0.05, 0.1) is 6.61 Å². The van der Waals surface area contributed by atoms with Gasteiger partial charge in [0, 0.05) is 11.0 Å². The highest BCUT2D eigenvalue weighted by Crippen LogP contribution is 2.12. The molecule has 0 bridgehead atoms. The van der Waals surface area contributed by atoms with E-state index in [1.807, 2.05) is 24.3 Å². The van der Waals surface area contributed by atoms with Crippen molar-refractivity contribution in [3.8, 4) is 0 Å². The number of primary amides is 1. The monoisotopic (exact) mass is 314 g/mol. The summed E-state index contributed by atoms with van der Waals surface area (Å²) in [7, 11) is 0. The van der Waals surface area contributed by atoms with Gasteiger partial charge in [0.2, 0.25) is 5.91 Å². The number of ether oxygens (including phenoxy) is 1. The zero-order chi connectivity index (χ0) is 13.5. The van der Waals surface area contributed by atoms with Crippen molar-refractivity contribution in [3.63, 3.8) is 0 Å². The second kappa shape index (κ2) is 7.00. The van der Waals surface area contributed by atoms with Crippen LogP contribution in [0, 0.1) is 0 Å². The van der Waals surface area contributed by atoms with E-state index in [0.29, 0.717) is 0 Å². The number of nitrogens with zero attached hydrogens (tertiary/aromatic N) is 1. The Morgan fingerprint density at radius 2 is 1.94 bits per heavy atom. The average Bonchev–Trinajstić information content (AvgIpc) is 2.31. The molecule has 2 amide bonds. The van der Waals surface area contributed by atoms with Crippen LogP contribution >= 0.6 is 15.9 Å². The molecule has 0 saturated heterocycles. The van der Waals surface area contributed by atoms with Crippen LogP contribution in [0.4, 0.5) is 4.79 Å². The van der Waals surface area contributed by atoms with Gasteiger partial charge in [-0.2, -0.15) is 0 Å². The fourth-order valence-electron chi connectivity index (χ4n) is 1.40. The summed E-state index contributed by atoms with van der Waals surface area (Å²) in [4.78, 5) is 23.8. The molecule has 0 spiro atoms. The molecular weight excluding hydrogens is 300 g/mol. The molecule has 18 heavy (non-hydrogen) atoms. The second-order valence-electron chi connectivity index (χ2n) is 3.65. The van der Waals surface area contributed by atoms with Crippen molar-refractivity contribution in [3.05, 3.63) is 34.3 Å². The molecule has 0 saturated carbocycles. The molecule has 98 valence electrons. The number of benzene rings is 1. The van der Waals surface area contributed by atoms with Gasteiger partial charge in [-0.1, -0.05) is 28.1 Å². The summed E-state index contributed by atoms with van der Waals surface area (Å²) in [6.45, 7) is 2.10. The molecule has 0 atom stereocenters. The van der Waals surface area contributed by atoms with Crippen molar-refractivity contribution in [2.24, 2.45) is 5.73 Å². The number of amides is 2. The number of nitrogens with two attached hydrogens (primary N) is 1. The van der Waals surface area contributed by atoms with Crippen molar-refractivity contribution in [2.45, 2.75) is 13.5 Å². The number of hydrogen-bond donors (Lipinski definition) is 1. The number of hydrogen-bond acceptors (Lipinski definition) is 3. The molecule has 0 heterocycles. The smallest absolute Gasteiger partial charge is 0.410 e. The Hall–Kier alpha value is -1.56. The minimum absolute atomic E-state index is 0.158. The highest BCUT2D eigenvalue weighted by atomic mass is 79.9. The van der Waals surface area contributed by atoms with Crippen molar-refractivity contribution >= 4 is 27.9 Å². The van der Waals surface area contributed by atoms with Crippen molar-refractivity contribution in [2.75, 3.05) is 13.2 Å². The normalized spacial score (nSPS) is 9.89. The number of carbonyl (C=O) groups is 2. The van der Waals surface area contributed by atoms with Gasteiger partial charge >= 0.3 is 6.09 Å². The highest BCUT2D eigenvalue weighted by Gasteiger charge is 2.17. The molecule has 2 N–H and O–H groups in total. The van der Waals surface area contributed by atoms with Crippen LogP contribution in [0.25, 0.3) is 0 Å². The fraction of sp³-hybridized carbons (Fsp3) is 0.333. The quantitative estimate of drug-likeness (QED) is 0.902. The topological polar surface area (TPSA) is 72.6 Å². The van der Waals surface area contributed by atoms with Crippen LogP contribution in [0.1, 0.15) is 12.5 Å². The van der Waals surface area contributed by atoms with Gasteiger partial charge in [-0.3, -0.25) is 9.69 Å². The fourth-order valence-corrected chi connectivity index (χ4v) is 1.66. The molecule has 0 aromatic heterocycles. The second-order valence-corrected chi connectivity index (χ2v) is 4.56. The zero-order valence-corrected chi connectivity index (χ0v) is 11.6. The Labute approximate surface area is 114 Å². The molecular formula is C12H15BrN2O3.